The molecule has 0 spiro atoms. The summed E-state index contributed by atoms with van der Waals surface area (Å²) in [7, 11) is 1.76. The zero-order valence-electron chi connectivity index (χ0n) is 31.6. The number of carboxylic acid groups (broad SMARTS) is 2. The van der Waals surface area contributed by atoms with Crippen molar-refractivity contribution in [2.45, 2.75) is 99.7 Å². The van der Waals surface area contributed by atoms with Crippen molar-refractivity contribution in [2.24, 2.45) is 0 Å². The van der Waals surface area contributed by atoms with Crippen LogP contribution < -0.4 is 10.6 Å². The number of nitrogens with zero attached hydrogens (tertiary/aromatic N) is 4. The molecule has 2 rings (SSSR count). The molecule has 1 aliphatic heterocycles. The molecule has 0 fully saturated rings. The molecule has 1 radical (unpaired) electrons. The van der Waals surface area contributed by atoms with Crippen molar-refractivity contribution >= 4 is 23.8 Å². The SMILES string of the molecule is CN1CCN(C(CCC(=O)NC[C@H](O)[C@@H](O)[C@H](O)[C@H](O)CO)C(=O)O)Cc2cccc(n2)CN(C(CCC(=O)NC[C@H](O)[C@@H](O)[C@H](O)[C@H](O)CO)C(=O)O)CC1.[Mn]. The van der Waals surface area contributed by atoms with Gasteiger partial charge >= 0.3 is 11.9 Å². The number of carboxylic acids is 2. The van der Waals surface area contributed by atoms with Crippen molar-refractivity contribution in [3.05, 3.63) is 29.6 Å². The van der Waals surface area contributed by atoms with E-state index in [1.807, 2.05) is 4.90 Å². The third kappa shape index (κ3) is 17.4. The Morgan fingerprint density at radius 1 is 0.632 bits per heavy atom. The van der Waals surface area contributed by atoms with Gasteiger partial charge in [-0.15, -0.1) is 0 Å². The van der Waals surface area contributed by atoms with Crippen LogP contribution in [-0.4, -0.2) is 225 Å². The van der Waals surface area contributed by atoms with Gasteiger partial charge in [0.05, 0.1) is 36.8 Å². The average Bonchev–Trinajstić information content (AvgIpc) is 3.17. The third-order valence-electron chi connectivity index (χ3n) is 9.54. The second-order valence-corrected chi connectivity index (χ2v) is 13.9. The maximum absolute atomic E-state index is 12.6. The van der Waals surface area contributed by atoms with Gasteiger partial charge in [0.25, 0.3) is 0 Å². The Labute approximate surface area is 339 Å². The van der Waals surface area contributed by atoms with E-state index in [0.717, 1.165) is 0 Å². The van der Waals surface area contributed by atoms with Crippen LogP contribution in [0.2, 0.25) is 0 Å². The minimum absolute atomic E-state index is 0. The molecule has 2 unspecified atom stereocenters. The number of nitrogens with one attached hydrogen (secondary N) is 2. The van der Waals surface area contributed by atoms with E-state index >= 15 is 0 Å². The molecule has 14 N–H and O–H groups in total. The van der Waals surface area contributed by atoms with Crippen molar-refractivity contribution in [3.63, 3.8) is 0 Å². The Balaban J connectivity index is 0.0000162. The normalized spacial score (nSPS) is 20.1. The second kappa shape index (κ2) is 26.2. The molecule has 1 aliphatic rings. The third-order valence-corrected chi connectivity index (χ3v) is 9.54. The van der Waals surface area contributed by atoms with Crippen molar-refractivity contribution in [1.82, 2.24) is 30.3 Å². The standard InChI is InChI=1S/C34H58N6O16.Mn/c1-38-9-11-39(21(33(53)54)5-7-27(47)35-13-23(43)29(49)31(51)25(45)17-41)15-19-3-2-4-20(37-19)16-40(12-10-38)22(34(55)56)6-8-28(48)36-14-24(44)30(50)32(52)26(46)18-42;/h2-4,21-26,29-32,41-46,49-52H,5-18H2,1H3,(H,35,47)(H,36,48)(H,53,54)(H,55,56);/t21?,22?,23-,24-,25+,26+,29+,30+,31+,32+;/m0./s1. The summed E-state index contributed by atoms with van der Waals surface area (Å²) in [4.78, 5) is 60.0. The first kappa shape index (κ1) is 52.0. The summed E-state index contributed by atoms with van der Waals surface area (Å²) in [6, 6.07) is 2.72. The van der Waals surface area contributed by atoms with Crippen molar-refractivity contribution in [3.8, 4) is 0 Å². The van der Waals surface area contributed by atoms with Crippen LogP contribution in [0.3, 0.4) is 0 Å². The van der Waals surface area contributed by atoms with E-state index in [1.165, 1.54) is 0 Å². The maximum atomic E-state index is 12.6. The van der Waals surface area contributed by atoms with Gasteiger partial charge in [0, 0.05) is 82.3 Å². The number of carbonyl (C=O) groups excluding carboxylic acids is 2. The Kier molecular flexibility index (Phi) is 23.9. The number of carbonyl (C=O) groups is 4. The van der Waals surface area contributed by atoms with E-state index in [4.69, 9.17) is 10.2 Å². The molecule has 327 valence electrons. The number of fused-ring (bicyclic) bond motifs is 2. The molecule has 0 aromatic carbocycles. The van der Waals surface area contributed by atoms with Crippen molar-refractivity contribution in [1.29, 1.82) is 0 Å². The van der Waals surface area contributed by atoms with Gasteiger partial charge in [-0.2, -0.15) is 0 Å². The Morgan fingerprint density at radius 2 is 0.982 bits per heavy atom. The minimum atomic E-state index is -1.88. The van der Waals surface area contributed by atoms with Gasteiger partial charge in [-0.25, -0.2) is 0 Å². The fourth-order valence-corrected chi connectivity index (χ4v) is 5.96. The van der Waals surface area contributed by atoms with Gasteiger partial charge in [-0.1, -0.05) is 6.07 Å². The summed E-state index contributed by atoms with van der Waals surface area (Å²) in [5.74, 6) is -3.71. The average molecular weight is 862 g/mol. The second-order valence-electron chi connectivity index (χ2n) is 13.9. The van der Waals surface area contributed by atoms with E-state index in [0.29, 0.717) is 24.5 Å². The van der Waals surface area contributed by atoms with Gasteiger partial charge in [-0.05, 0) is 32.0 Å². The predicted molar refractivity (Wildman–Crippen MR) is 192 cm³/mol. The summed E-state index contributed by atoms with van der Waals surface area (Å²) < 4.78 is 0. The zero-order chi connectivity index (χ0) is 42.1. The largest absolute Gasteiger partial charge is 0.480 e. The molecular formula is C34H58MnN6O16. The number of hydrogen-bond acceptors (Lipinski definition) is 18. The number of pyridine rings is 1. The first-order valence-corrected chi connectivity index (χ1v) is 18.2. The topological polar surface area (TPSA) is 358 Å². The molecule has 2 heterocycles. The summed E-state index contributed by atoms with van der Waals surface area (Å²) in [5, 5.41) is 122. The smallest absolute Gasteiger partial charge is 0.320 e. The quantitative estimate of drug-likeness (QED) is 0.0482. The van der Waals surface area contributed by atoms with Gasteiger partial charge in [-0.3, -0.25) is 34.0 Å². The van der Waals surface area contributed by atoms with Gasteiger partial charge in [0.2, 0.25) is 11.8 Å². The van der Waals surface area contributed by atoms with Crippen LogP contribution in [0.25, 0.3) is 0 Å². The monoisotopic (exact) mass is 861 g/mol. The summed E-state index contributed by atoms with van der Waals surface area (Å²) in [5.41, 5.74) is 0.927. The van der Waals surface area contributed by atoms with Crippen molar-refractivity contribution < 1.29 is 97.5 Å². The molecule has 2 amide bonds. The predicted octanol–water partition coefficient (Wildman–Crippen LogP) is -6.80. The van der Waals surface area contributed by atoms with Gasteiger partial charge in [0.15, 0.2) is 0 Å². The number of aliphatic hydroxyl groups excluding tert-OH is 10. The molecule has 0 saturated heterocycles. The van der Waals surface area contributed by atoms with E-state index in [2.05, 4.69) is 15.6 Å². The number of rotatable bonds is 22. The van der Waals surface area contributed by atoms with Crippen LogP contribution in [0.5, 0.6) is 0 Å². The number of aliphatic hydroxyl groups is 10. The summed E-state index contributed by atoms with van der Waals surface area (Å²) in [6.07, 6.45) is -15.2. The molecular weight excluding hydrogens is 803 g/mol. The Morgan fingerprint density at radius 3 is 1.32 bits per heavy atom. The molecule has 22 nitrogen and oxygen atoms in total. The van der Waals surface area contributed by atoms with E-state index in [9.17, 15) is 70.2 Å². The van der Waals surface area contributed by atoms with Crippen molar-refractivity contribution in [2.75, 3.05) is 59.5 Å². The van der Waals surface area contributed by atoms with Crippen LogP contribution in [0.1, 0.15) is 37.1 Å². The molecule has 10 atom stereocenters. The minimum Gasteiger partial charge on any atom is -0.480 e. The van der Waals surface area contributed by atoms with E-state index in [-0.39, 0.29) is 68.9 Å². The number of aliphatic carboxylic acids is 2. The first-order valence-electron chi connectivity index (χ1n) is 18.2. The molecule has 2 bridgehead atoms. The zero-order valence-corrected chi connectivity index (χ0v) is 32.8. The van der Waals surface area contributed by atoms with Gasteiger partial charge in [0.1, 0.15) is 48.7 Å². The fourth-order valence-electron chi connectivity index (χ4n) is 5.96. The van der Waals surface area contributed by atoms with Crippen LogP contribution in [0.15, 0.2) is 18.2 Å². The first-order chi connectivity index (χ1) is 26.4. The molecule has 57 heavy (non-hydrogen) atoms. The number of amides is 2. The Hall–Kier alpha value is -2.97. The molecule has 1 aromatic heterocycles. The fraction of sp³-hybridized carbons (Fsp3) is 0.735. The molecule has 23 heteroatoms. The van der Waals surface area contributed by atoms with E-state index in [1.54, 1.807) is 35.0 Å². The number of hydrogen-bond donors (Lipinski definition) is 14. The Bertz CT molecular complexity index is 1290. The molecule has 0 saturated carbocycles. The van der Waals surface area contributed by atoms with E-state index < -0.39 is 111 Å². The molecule has 0 aliphatic carbocycles. The number of likely N-dealkylation sites (N-methyl/N-ethyl adjacent to an activating group) is 1. The summed E-state index contributed by atoms with van der Waals surface area (Å²) >= 11 is 0. The summed E-state index contributed by atoms with van der Waals surface area (Å²) in [6.45, 7) is -1.62. The number of aromatic nitrogens is 1. The maximum Gasteiger partial charge on any atom is 0.320 e. The van der Waals surface area contributed by atoms with Crippen LogP contribution in [-0.2, 0) is 49.3 Å². The van der Waals surface area contributed by atoms with Crippen LogP contribution in [0.4, 0.5) is 0 Å². The van der Waals surface area contributed by atoms with Crippen LogP contribution >= 0.6 is 0 Å². The molecule has 1 aromatic rings. The van der Waals surface area contributed by atoms with Crippen LogP contribution in [0, 0.1) is 0 Å². The van der Waals surface area contributed by atoms with Gasteiger partial charge < -0.3 is 76.8 Å².